The van der Waals surface area contributed by atoms with Gasteiger partial charge in [0.05, 0.1) is 5.88 Å². The average Bonchev–Trinajstić information content (AvgIpc) is 2.03. The first-order valence-electron chi connectivity index (χ1n) is 3.76. The smallest absolute Gasteiger partial charge is 0.153 e. The maximum atomic E-state index is 11.3. The maximum absolute atomic E-state index is 11.3. The van der Waals surface area contributed by atoms with E-state index in [0.29, 0.717) is 5.88 Å². The third kappa shape index (κ3) is 3.00. The molecular weight excluding hydrogens is 183 g/mol. The molecule has 1 unspecified atom stereocenters. The first-order valence-corrected chi connectivity index (χ1v) is 4.83. The highest BCUT2D eigenvalue weighted by molar-refractivity contribution is 6.28. The van der Waals surface area contributed by atoms with Crippen LogP contribution in [0.3, 0.4) is 0 Å². The standard InChI is InChI=1S/C8H14Cl2O/c1-3-8(2,4-5-9)7(11)6-10/h3-6H2,1-2H3. The number of hydrogen-bond acceptors (Lipinski definition) is 1. The largest absolute Gasteiger partial charge is 0.298 e. The van der Waals surface area contributed by atoms with E-state index in [1.807, 2.05) is 13.8 Å². The van der Waals surface area contributed by atoms with E-state index in [1.54, 1.807) is 0 Å². The highest BCUT2D eigenvalue weighted by atomic mass is 35.5. The van der Waals surface area contributed by atoms with Crippen molar-refractivity contribution in [3.63, 3.8) is 0 Å². The first kappa shape index (κ1) is 11.2. The zero-order valence-corrected chi connectivity index (χ0v) is 8.50. The minimum atomic E-state index is -0.302. The van der Waals surface area contributed by atoms with Gasteiger partial charge in [-0.1, -0.05) is 13.8 Å². The lowest BCUT2D eigenvalue weighted by Crippen LogP contribution is -2.28. The molecule has 0 radical (unpaired) electrons. The fourth-order valence-corrected chi connectivity index (χ4v) is 1.62. The average molecular weight is 197 g/mol. The van der Waals surface area contributed by atoms with E-state index in [-0.39, 0.29) is 17.1 Å². The molecule has 0 N–H and O–H groups in total. The third-order valence-corrected chi connectivity index (χ3v) is 2.65. The van der Waals surface area contributed by atoms with E-state index in [1.165, 1.54) is 0 Å². The Hall–Kier alpha value is 0.250. The summed E-state index contributed by atoms with van der Waals surface area (Å²) >= 11 is 11.0. The monoisotopic (exact) mass is 196 g/mol. The van der Waals surface area contributed by atoms with Crippen LogP contribution in [0.4, 0.5) is 0 Å². The van der Waals surface area contributed by atoms with Gasteiger partial charge in [0.25, 0.3) is 0 Å². The van der Waals surface area contributed by atoms with Gasteiger partial charge in [0.1, 0.15) is 0 Å². The second-order valence-corrected chi connectivity index (χ2v) is 3.56. The Morgan fingerprint density at radius 1 is 1.45 bits per heavy atom. The molecule has 1 atom stereocenters. The molecule has 11 heavy (non-hydrogen) atoms. The number of Topliss-reactive ketones (excluding diaryl/α,β-unsaturated/α-hetero) is 1. The van der Waals surface area contributed by atoms with Crippen LogP contribution >= 0.6 is 23.2 Å². The molecule has 0 saturated heterocycles. The second kappa shape index (κ2) is 5.00. The van der Waals surface area contributed by atoms with Crippen molar-refractivity contribution in [1.29, 1.82) is 0 Å². The summed E-state index contributed by atoms with van der Waals surface area (Å²) in [6, 6.07) is 0. The number of hydrogen-bond donors (Lipinski definition) is 0. The van der Waals surface area contributed by atoms with E-state index >= 15 is 0 Å². The van der Waals surface area contributed by atoms with Crippen molar-refractivity contribution in [2.24, 2.45) is 5.41 Å². The molecule has 0 aliphatic rings. The zero-order chi connectivity index (χ0) is 8.91. The molecule has 0 amide bonds. The van der Waals surface area contributed by atoms with Gasteiger partial charge in [-0.2, -0.15) is 0 Å². The topological polar surface area (TPSA) is 17.1 Å². The van der Waals surface area contributed by atoms with Gasteiger partial charge in [-0.3, -0.25) is 4.79 Å². The molecule has 0 bridgehead atoms. The van der Waals surface area contributed by atoms with Crippen molar-refractivity contribution >= 4 is 29.0 Å². The van der Waals surface area contributed by atoms with Crippen LogP contribution < -0.4 is 0 Å². The van der Waals surface area contributed by atoms with E-state index in [2.05, 4.69) is 0 Å². The summed E-state index contributed by atoms with van der Waals surface area (Å²) in [7, 11) is 0. The van der Waals surface area contributed by atoms with Crippen molar-refractivity contribution in [1.82, 2.24) is 0 Å². The van der Waals surface area contributed by atoms with Gasteiger partial charge >= 0.3 is 0 Å². The normalized spacial score (nSPS) is 16.0. The van der Waals surface area contributed by atoms with Gasteiger partial charge in [0.2, 0.25) is 0 Å². The van der Waals surface area contributed by atoms with Crippen LogP contribution in [0.1, 0.15) is 26.7 Å². The maximum Gasteiger partial charge on any atom is 0.153 e. The first-order chi connectivity index (χ1) is 5.10. The van der Waals surface area contributed by atoms with Crippen LogP contribution in [0.2, 0.25) is 0 Å². The summed E-state index contributed by atoms with van der Waals surface area (Å²) in [5.41, 5.74) is -0.302. The molecule has 0 aliphatic carbocycles. The predicted molar refractivity (Wildman–Crippen MR) is 49.5 cm³/mol. The fourth-order valence-electron chi connectivity index (χ4n) is 0.883. The second-order valence-electron chi connectivity index (χ2n) is 2.91. The third-order valence-electron chi connectivity index (χ3n) is 2.22. The molecule has 0 aliphatic heterocycles. The molecule has 66 valence electrons. The molecule has 0 aromatic heterocycles. The van der Waals surface area contributed by atoms with Crippen molar-refractivity contribution in [2.45, 2.75) is 26.7 Å². The summed E-state index contributed by atoms with van der Waals surface area (Å²) in [5, 5.41) is 0. The van der Waals surface area contributed by atoms with Crippen molar-refractivity contribution < 1.29 is 4.79 Å². The fraction of sp³-hybridized carbons (Fsp3) is 0.875. The quantitative estimate of drug-likeness (QED) is 0.619. The number of carbonyl (C=O) groups is 1. The Morgan fingerprint density at radius 3 is 2.27 bits per heavy atom. The van der Waals surface area contributed by atoms with Gasteiger partial charge in [0.15, 0.2) is 5.78 Å². The van der Waals surface area contributed by atoms with Crippen LogP contribution in [0.25, 0.3) is 0 Å². The SMILES string of the molecule is CCC(C)(CCCl)C(=O)CCl. The van der Waals surface area contributed by atoms with Gasteiger partial charge in [0, 0.05) is 11.3 Å². The summed E-state index contributed by atoms with van der Waals surface area (Å²) in [6.45, 7) is 3.90. The Balaban J connectivity index is 4.19. The minimum Gasteiger partial charge on any atom is -0.298 e. The minimum absolute atomic E-state index is 0.0984. The molecule has 0 fully saturated rings. The Morgan fingerprint density at radius 2 is 2.00 bits per heavy atom. The molecular formula is C8H14Cl2O. The van der Waals surface area contributed by atoms with Crippen LogP contribution in [0, 0.1) is 5.41 Å². The van der Waals surface area contributed by atoms with E-state index in [9.17, 15) is 4.79 Å². The summed E-state index contributed by atoms with van der Waals surface area (Å²) in [5.74, 6) is 0.719. The number of ketones is 1. The van der Waals surface area contributed by atoms with Gasteiger partial charge in [-0.15, -0.1) is 23.2 Å². The van der Waals surface area contributed by atoms with Gasteiger partial charge in [-0.25, -0.2) is 0 Å². The number of halogens is 2. The molecule has 0 rings (SSSR count). The molecule has 0 heterocycles. The van der Waals surface area contributed by atoms with Gasteiger partial charge < -0.3 is 0 Å². The van der Waals surface area contributed by atoms with Crippen LogP contribution in [-0.4, -0.2) is 17.5 Å². The van der Waals surface area contributed by atoms with Crippen molar-refractivity contribution in [2.75, 3.05) is 11.8 Å². The summed E-state index contributed by atoms with van der Waals surface area (Å²) in [4.78, 5) is 11.3. The Bertz CT molecular complexity index is 136. The van der Waals surface area contributed by atoms with E-state index in [0.717, 1.165) is 12.8 Å². The molecule has 0 aromatic rings. The van der Waals surface area contributed by atoms with Crippen LogP contribution in [0.15, 0.2) is 0 Å². The van der Waals surface area contributed by atoms with Crippen LogP contribution in [0.5, 0.6) is 0 Å². The Labute approximate surface area is 78.1 Å². The number of alkyl halides is 2. The van der Waals surface area contributed by atoms with Gasteiger partial charge in [-0.05, 0) is 12.8 Å². The Kier molecular flexibility index (Phi) is 5.11. The number of rotatable bonds is 5. The highest BCUT2D eigenvalue weighted by Gasteiger charge is 2.28. The van der Waals surface area contributed by atoms with Crippen molar-refractivity contribution in [3.05, 3.63) is 0 Å². The highest BCUT2D eigenvalue weighted by Crippen LogP contribution is 2.27. The van der Waals surface area contributed by atoms with Crippen molar-refractivity contribution in [3.8, 4) is 0 Å². The molecule has 1 nitrogen and oxygen atoms in total. The number of carbonyl (C=O) groups excluding carboxylic acids is 1. The van der Waals surface area contributed by atoms with Crippen LogP contribution in [-0.2, 0) is 4.79 Å². The van der Waals surface area contributed by atoms with E-state index < -0.39 is 0 Å². The molecule has 0 spiro atoms. The predicted octanol–water partition coefficient (Wildman–Crippen LogP) is 2.84. The summed E-state index contributed by atoms with van der Waals surface area (Å²) < 4.78 is 0. The molecule has 3 heteroatoms. The lowest BCUT2D eigenvalue weighted by Gasteiger charge is -2.24. The zero-order valence-electron chi connectivity index (χ0n) is 6.99. The lowest BCUT2D eigenvalue weighted by atomic mass is 9.81. The molecule has 0 saturated carbocycles. The lowest BCUT2D eigenvalue weighted by molar-refractivity contribution is -0.125. The summed E-state index contributed by atoms with van der Waals surface area (Å²) in [6.07, 6.45) is 1.53. The molecule has 0 aromatic carbocycles. The van der Waals surface area contributed by atoms with E-state index in [4.69, 9.17) is 23.2 Å².